The number of hydrogen-bond donors (Lipinski definition) is 0. The van der Waals surface area contributed by atoms with E-state index < -0.39 is 0 Å². The molecule has 0 nitrogen and oxygen atoms in total. The highest BCUT2D eigenvalue weighted by atomic mass is 14.4. The van der Waals surface area contributed by atoms with Gasteiger partial charge in [0.1, 0.15) is 0 Å². The molecule has 2 aromatic rings. The first kappa shape index (κ1) is 10.6. The molecular formula is C18H20. The van der Waals surface area contributed by atoms with Crippen molar-refractivity contribution < 1.29 is 0 Å². The lowest BCUT2D eigenvalue weighted by Gasteiger charge is -2.44. The first-order valence-electron chi connectivity index (χ1n) is 7.29. The Hall–Kier alpha value is -1.30. The molecule has 0 heterocycles. The number of benzene rings is 2. The molecule has 1 fully saturated rings. The smallest absolute Gasteiger partial charge is 0.00840 e. The molecule has 0 spiro atoms. The zero-order chi connectivity index (χ0) is 12.3. The van der Waals surface area contributed by atoms with Crippen LogP contribution in [0.3, 0.4) is 0 Å². The molecule has 0 heteroatoms. The normalized spacial score (nSPS) is 25.4. The summed E-state index contributed by atoms with van der Waals surface area (Å²) in [6, 6.07) is 9.53. The summed E-state index contributed by atoms with van der Waals surface area (Å²) in [4.78, 5) is 0. The summed E-state index contributed by atoms with van der Waals surface area (Å²) < 4.78 is 0. The Morgan fingerprint density at radius 3 is 2.44 bits per heavy atom. The molecule has 0 unspecified atom stereocenters. The van der Waals surface area contributed by atoms with E-state index in [2.05, 4.69) is 38.1 Å². The zero-order valence-corrected chi connectivity index (χ0v) is 11.3. The minimum atomic E-state index is 0.875. The van der Waals surface area contributed by atoms with Crippen molar-refractivity contribution in [2.24, 2.45) is 0 Å². The maximum atomic E-state index is 2.42. The lowest BCUT2D eigenvalue weighted by Crippen LogP contribution is -2.27. The summed E-state index contributed by atoms with van der Waals surface area (Å²) >= 11 is 0. The number of aryl methyl sites for hydroxylation is 2. The van der Waals surface area contributed by atoms with E-state index in [4.69, 9.17) is 0 Å². The molecule has 2 aliphatic carbocycles. The third kappa shape index (κ3) is 1.27. The molecule has 2 atom stereocenters. The van der Waals surface area contributed by atoms with Gasteiger partial charge < -0.3 is 0 Å². The monoisotopic (exact) mass is 236 g/mol. The molecule has 4 rings (SSSR count). The first-order valence-corrected chi connectivity index (χ1v) is 7.29. The second-order valence-electron chi connectivity index (χ2n) is 6.22. The topological polar surface area (TPSA) is 0 Å². The van der Waals surface area contributed by atoms with Crippen LogP contribution >= 0.6 is 0 Å². The molecule has 18 heavy (non-hydrogen) atoms. The van der Waals surface area contributed by atoms with Crippen LogP contribution in [-0.4, -0.2) is 0 Å². The van der Waals surface area contributed by atoms with Crippen molar-refractivity contribution in [1.82, 2.24) is 0 Å². The lowest BCUT2D eigenvalue weighted by molar-refractivity contribution is 0.344. The third-order valence-electron chi connectivity index (χ3n) is 5.25. The second-order valence-corrected chi connectivity index (χ2v) is 6.22. The van der Waals surface area contributed by atoms with Crippen LogP contribution in [0, 0.1) is 13.8 Å². The van der Waals surface area contributed by atoms with Crippen molar-refractivity contribution in [2.75, 3.05) is 0 Å². The molecule has 0 bridgehead atoms. The van der Waals surface area contributed by atoms with Gasteiger partial charge in [-0.05, 0) is 71.6 Å². The van der Waals surface area contributed by atoms with Crippen LogP contribution in [0.15, 0.2) is 24.3 Å². The predicted octanol–water partition coefficient (Wildman–Crippen LogP) is 5.21. The van der Waals surface area contributed by atoms with Gasteiger partial charge in [-0.25, -0.2) is 0 Å². The average molecular weight is 236 g/mol. The summed E-state index contributed by atoms with van der Waals surface area (Å²) in [6.07, 6.45) is 5.71. The Balaban J connectivity index is 1.98. The van der Waals surface area contributed by atoms with E-state index in [1.54, 1.807) is 16.5 Å². The van der Waals surface area contributed by atoms with Gasteiger partial charge in [-0.3, -0.25) is 0 Å². The predicted molar refractivity (Wildman–Crippen MR) is 77.4 cm³/mol. The van der Waals surface area contributed by atoms with Crippen molar-refractivity contribution in [1.29, 1.82) is 0 Å². The first-order chi connectivity index (χ1) is 8.75. The van der Waals surface area contributed by atoms with E-state index in [0.29, 0.717) is 0 Å². The third-order valence-corrected chi connectivity index (χ3v) is 5.25. The van der Waals surface area contributed by atoms with E-state index >= 15 is 0 Å². The van der Waals surface area contributed by atoms with Gasteiger partial charge in [0.25, 0.3) is 0 Å². The zero-order valence-electron chi connectivity index (χ0n) is 11.3. The lowest BCUT2D eigenvalue weighted by atomic mass is 9.60. The van der Waals surface area contributed by atoms with E-state index in [1.165, 1.54) is 42.2 Å². The molecule has 0 aliphatic heterocycles. The standard InChI is InChI=1S/C18H20/c1-11-9-13-7-8-16-14-5-3-4-6-15(14)18(16)17(13)10-12(11)2/h7-10,14-15H,3-6H2,1-2H3/t14-,15+/m1/s1. The van der Waals surface area contributed by atoms with Crippen molar-refractivity contribution in [3.8, 4) is 0 Å². The van der Waals surface area contributed by atoms with Crippen LogP contribution < -0.4 is 0 Å². The molecule has 0 amide bonds. The Labute approximate surface area is 109 Å². The Morgan fingerprint density at radius 1 is 0.889 bits per heavy atom. The number of rotatable bonds is 0. The van der Waals surface area contributed by atoms with Crippen molar-refractivity contribution in [3.63, 3.8) is 0 Å². The SMILES string of the molecule is Cc1cc2ccc3c(c2cc1C)[C@H]1CCCC[C@@H]31. The van der Waals surface area contributed by atoms with Gasteiger partial charge in [-0.1, -0.05) is 37.1 Å². The van der Waals surface area contributed by atoms with Gasteiger partial charge in [0.2, 0.25) is 0 Å². The molecule has 1 saturated carbocycles. The maximum absolute atomic E-state index is 2.42. The van der Waals surface area contributed by atoms with Gasteiger partial charge in [0, 0.05) is 0 Å². The van der Waals surface area contributed by atoms with Crippen LogP contribution in [0.2, 0.25) is 0 Å². The quantitative estimate of drug-likeness (QED) is 0.589. The fraction of sp³-hybridized carbons (Fsp3) is 0.444. The van der Waals surface area contributed by atoms with Crippen molar-refractivity contribution >= 4 is 10.8 Å². The Kier molecular flexibility index (Phi) is 2.12. The highest BCUT2D eigenvalue weighted by molar-refractivity contribution is 5.90. The summed E-state index contributed by atoms with van der Waals surface area (Å²) in [5, 5.41) is 2.99. The fourth-order valence-electron chi connectivity index (χ4n) is 4.12. The minimum absolute atomic E-state index is 0.875. The van der Waals surface area contributed by atoms with Gasteiger partial charge in [-0.15, -0.1) is 0 Å². The van der Waals surface area contributed by atoms with E-state index in [1.807, 2.05) is 0 Å². The van der Waals surface area contributed by atoms with Crippen LogP contribution in [0.1, 0.15) is 59.8 Å². The maximum Gasteiger partial charge on any atom is -0.00840 e. The molecule has 0 N–H and O–H groups in total. The summed E-state index contributed by atoms with van der Waals surface area (Å²) in [6.45, 7) is 4.46. The Bertz CT molecular complexity index is 636. The molecule has 0 aromatic heterocycles. The number of hydrogen-bond acceptors (Lipinski definition) is 0. The van der Waals surface area contributed by atoms with Crippen molar-refractivity contribution in [3.05, 3.63) is 46.5 Å². The van der Waals surface area contributed by atoms with Crippen LogP contribution in [0.25, 0.3) is 10.8 Å². The number of fused-ring (bicyclic) bond motifs is 6. The van der Waals surface area contributed by atoms with E-state index in [9.17, 15) is 0 Å². The van der Waals surface area contributed by atoms with Crippen LogP contribution in [0.4, 0.5) is 0 Å². The van der Waals surface area contributed by atoms with Crippen molar-refractivity contribution in [2.45, 2.75) is 51.4 Å². The molecular weight excluding hydrogens is 216 g/mol. The van der Waals surface area contributed by atoms with E-state index in [0.717, 1.165) is 11.8 Å². The highest BCUT2D eigenvalue weighted by Gasteiger charge is 2.39. The summed E-state index contributed by atoms with van der Waals surface area (Å²) in [7, 11) is 0. The fourth-order valence-corrected chi connectivity index (χ4v) is 4.12. The summed E-state index contributed by atoms with van der Waals surface area (Å²) in [5.74, 6) is 1.76. The molecule has 2 aliphatic rings. The largest absolute Gasteiger partial charge is 0.0578 e. The Morgan fingerprint density at radius 2 is 1.61 bits per heavy atom. The van der Waals surface area contributed by atoms with Gasteiger partial charge in [0.15, 0.2) is 0 Å². The average Bonchev–Trinajstić information content (AvgIpc) is 2.36. The van der Waals surface area contributed by atoms with Gasteiger partial charge >= 0.3 is 0 Å². The van der Waals surface area contributed by atoms with Gasteiger partial charge in [0.05, 0.1) is 0 Å². The summed E-state index contributed by atoms with van der Waals surface area (Å²) in [5.41, 5.74) is 6.22. The molecule has 2 aromatic carbocycles. The minimum Gasteiger partial charge on any atom is -0.0578 e. The molecule has 92 valence electrons. The van der Waals surface area contributed by atoms with E-state index in [-0.39, 0.29) is 0 Å². The van der Waals surface area contributed by atoms with Crippen LogP contribution in [-0.2, 0) is 0 Å². The van der Waals surface area contributed by atoms with Crippen LogP contribution in [0.5, 0.6) is 0 Å². The second kappa shape index (κ2) is 3.60. The molecule has 0 saturated heterocycles. The highest BCUT2D eigenvalue weighted by Crippen LogP contribution is 2.56. The van der Waals surface area contributed by atoms with Gasteiger partial charge in [-0.2, -0.15) is 0 Å². The molecule has 0 radical (unpaired) electrons.